The molecule has 0 radical (unpaired) electrons. The second kappa shape index (κ2) is 9.54. The van der Waals surface area contributed by atoms with E-state index in [4.69, 9.17) is 0 Å². The molecule has 1 heterocycles. The van der Waals surface area contributed by atoms with Gasteiger partial charge < -0.3 is 10.6 Å². The van der Waals surface area contributed by atoms with Gasteiger partial charge in [0.05, 0.1) is 18.0 Å². The lowest BCUT2D eigenvalue weighted by Gasteiger charge is -2.11. The summed E-state index contributed by atoms with van der Waals surface area (Å²) in [4.78, 5) is 7.57. The lowest BCUT2D eigenvalue weighted by atomic mass is 10.2. The van der Waals surface area contributed by atoms with Gasteiger partial charge in [0.15, 0.2) is 5.96 Å². The van der Waals surface area contributed by atoms with Crippen LogP contribution in [0.5, 0.6) is 0 Å². The molecule has 0 amide bonds. The molecule has 2 aromatic rings. The molecule has 1 saturated carbocycles. The normalized spacial score (nSPS) is 14.9. The third-order valence-electron chi connectivity index (χ3n) is 4.39. The largest absolute Gasteiger partial charge is 0.357 e. The summed E-state index contributed by atoms with van der Waals surface area (Å²) in [6, 6.07) is 11.4. The van der Waals surface area contributed by atoms with Gasteiger partial charge in [-0.3, -0.25) is 0 Å². The number of aryl methyl sites for hydroxylation is 1. The van der Waals surface area contributed by atoms with Crippen LogP contribution >= 0.6 is 11.3 Å². The van der Waals surface area contributed by atoms with Crippen LogP contribution in [0.25, 0.3) is 0 Å². The summed E-state index contributed by atoms with van der Waals surface area (Å²) >= 11 is 1.81. The molecule has 1 aliphatic carbocycles. The number of sulfonamides is 1. The number of nitrogens with zero attached hydrogens (tertiary/aromatic N) is 1. The van der Waals surface area contributed by atoms with Crippen molar-refractivity contribution >= 4 is 27.3 Å². The van der Waals surface area contributed by atoms with E-state index in [1.54, 1.807) is 12.1 Å². The van der Waals surface area contributed by atoms with Crippen LogP contribution in [-0.2, 0) is 29.5 Å². The minimum absolute atomic E-state index is 0.111. The molecule has 6 nitrogen and oxygen atoms in total. The molecule has 0 bridgehead atoms. The molecule has 1 aliphatic rings. The second-order valence-electron chi connectivity index (χ2n) is 6.81. The van der Waals surface area contributed by atoms with E-state index < -0.39 is 10.0 Å². The smallest absolute Gasteiger partial charge is 0.240 e. The van der Waals surface area contributed by atoms with Crippen molar-refractivity contribution in [1.82, 2.24) is 15.4 Å². The summed E-state index contributed by atoms with van der Waals surface area (Å²) in [5.74, 6) is 0.751. The van der Waals surface area contributed by atoms with Crippen molar-refractivity contribution in [2.24, 2.45) is 4.99 Å². The minimum atomic E-state index is -3.40. The predicted octanol–water partition coefficient (Wildman–Crippen LogP) is 3.01. The molecule has 152 valence electrons. The molecular formula is C20H28N4O2S2. The number of guanidine groups is 1. The molecule has 8 heteroatoms. The Hall–Kier alpha value is -1.90. The number of benzene rings is 1. The highest BCUT2D eigenvalue weighted by Crippen LogP contribution is 2.22. The van der Waals surface area contributed by atoms with Crippen LogP contribution in [0.3, 0.4) is 0 Å². The SMILES string of the molecule is CCNC(=NCc1ccc(S(=O)(=O)NC2CC2)cc1)NCc1ccc(CC)s1. The molecular weight excluding hydrogens is 392 g/mol. The van der Waals surface area contributed by atoms with Crippen LogP contribution in [0.1, 0.15) is 42.0 Å². The van der Waals surface area contributed by atoms with Crippen LogP contribution in [0.4, 0.5) is 0 Å². The highest BCUT2D eigenvalue weighted by atomic mass is 32.2. The number of thiophene rings is 1. The Kier molecular flexibility index (Phi) is 7.09. The topological polar surface area (TPSA) is 82.6 Å². The Morgan fingerprint density at radius 2 is 1.79 bits per heavy atom. The van der Waals surface area contributed by atoms with Crippen LogP contribution in [-0.4, -0.2) is 27.0 Å². The van der Waals surface area contributed by atoms with Crippen molar-refractivity contribution in [3.8, 4) is 0 Å². The van der Waals surface area contributed by atoms with Crippen LogP contribution in [0.15, 0.2) is 46.3 Å². The summed E-state index contributed by atoms with van der Waals surface area (Å²) < 4.78 is 27.2. The molecule has 1 aromatic carbocycles. The predicted molar refractivity (Wildman–Crippen MR) is 115 cm³/mol. The number of aliphatic imine (C=N–C) groups is 1. The van der Waals surface area contributed by atoms with E-state index in [9.17, 15) is 8.42 Å². The first-order valence-corrected chi connectivity index (χ1v) is 12.0. The molecule has 3 N–H and O–H groups in total. The van der Waals surface area contributed by atoms with E-state index in [-0.39, 0.29) is 6.04 Å². The zero-order chi connectivity index (χ0) is 20.0. The van der Waals surface area contributed by atoms with E-state index in [0.717, 1.165) is 43.9 Å². The molecule has 0 unspecified atom stereocenters. The third-order valence-corrected chi connectivity index (χ3v) is 7.16. The van der Waals surface area contributed by atoms with Crippen molar-refractivity contribution in [2.75, 3.05) is 6.54 Å². The van der Waals surface area contributed by atoms with Gasteiger partial charge in [0, 0.05) is 22.3 Å². The highest BCUT2D eigenvalue weighted by Gasteiger charge is 2.27. The van der Waals surface area contributed by atoms with Gasteiger partial charge >= 0.3 is 0 Å². The van der Waals surface area contributed by atoms with Crippen molar-refractivity contribution in [3.63, 3.8) is 0 Å². The molecule has 0 spiro atoms. The monoisotopic (exact) mass is 420 g/mol. The van der Waals surface area contributed by atoms with E-state index in [1.807, 2.05) is 30.4 Å². The number of nitrogens with one attached hydrogen (secondary N) is 3. The second-order valence-corrected chi connectivity index (χ2v) is 9.78. The maximum Gasteiger partial charge on any atom is 0.240 e. The minimum Gasteiger partial charge on any atom is -0.357 e. The molecule has 0 saturated heterocycles. The average Bonchev–Trinajstić information content (AvgIpc) is 3.37. The van der Waals surface area contributed by atoms with Crippen molar-refractivity contribution in [2.45, 2.75) is 57.1 Å². The lowest BCUT2D eigenvalue weighted by molar-refractivity contribution is 0.581. The summed E-state index contributed by atoms with van der Waals surface area (Å²) in [5, 5.41) is 6.60. The van der Waals surface area contributed by atoms with Gasteiger partial charge in [-0.05, 0) is 56.0 Å². The van der Waals surface area contributed by atoms with Crippen molar-refractivity contribution in [1.29, 1.82) is 0 Å². The molecule has 28 heavy (non-hydrogen) atoms. The maximum absolute atomic E-state index is 12.2. The van der Waals surface area contributed by atoms with Gasteiger partial charge in [-0.25, -0.2) is 18.1 Å². The fraction of sp³-hybridized carbons (Fsp3) is 0.450. The summed E-state index contributed by atoms with van der Waals surface area (Å²) in [6.07, 6.45) is 2.91. The Bertz CT molecular complexity index is 901. The zero-order valence-electron chi connectivity index (χ0n) is 16.4. The van der Waals surface area contributed by atoms with Gasteiger partial charge in [-0.2, -0.15) is 0 Å². The molecule has 1 fully saturated rings. The van der Waals surface area contributed by atoms with E-state index in [0.29, 0.717) is 11.4 Å². The molecule has 1 aromatic heterocycles. The van der Waals surface area contributed by atoms with Crippen molar-refractivity contribution in [3.05, 3.63) is 51.7 Å². The molecule has 0 atom stereocenters. The average molecular weight is 421 g/mol. The molecule has 3 rings (SSSR count). The number of hydrogen-bond donors (Lipinski definition) is 3. The fourth-order valence-electron chi connectivity index (χ4n) is 2.65. The standard InChI is InChI=1S/C20H28N4O2S2/c1-3-17-9-10-18(27-17)14-23-20(21-4-2)22-13-15-5-11-19(12-6-15)28(25,26)24-16-7-8-16/h5-6,9-12,16,24H,3-4,7-8,13-14H2,1-2H3,(H2,21,22,23). The Morgan fingerprint density at radius 3 is 2.39 bits per heavy atom. The first-order valence-electron chi connectivity index (χ1n) is 9.71. The van der Waals surface area contributed by atoms with Gasteiger partial charge in [-0.15, -0.1) is 11.3 Å². The number of hydrogen-bond acceptors (Lipinski definition) is 4. The first kappa shape index (κ1) is 20.8. The van der Waals surface area contributed by atoms with Gasteiger partial charge in [0.1, 0.15) is 0 Å². The van der Waals surface area contributed by atoms with Gasteiger partial charge in [0.2, 0.25) is 10.0 Å². The number of rotatable bonds is 9. The Balaban J connectivity index is 1.58. The highest BCUT2D eigenvalue weighted by molar-refractivity contribution is 7.89. The third kappa shape index (κ3) is 6.05. The quantitative estimate of drug-likeness (QED) is 0.430. The van der Waals surface area contributed by atoms with Crippen LogP contribution in [0.2, 0.25) is 0 Å². The van der Waals surface area contributed by atoms with Crippen molar-refractivity contribution < 1.29 is 8.42 Å². The van der Waals surface area contributed by atoms with Gasteiger partial charge in [-0.1, -0.05) is 19.1 Å². The summed E-state index contributed by atoms with van der Waals surface area (Å²) in [5.41, 5.74) is 0.965. The van der Waals surface area contributed by atoms with Crippen LogP contribution < -0.4 is 15.4 Å². The fourth-order valence-corrected chi connectivity index (χ4v) is 4.86. The van der Waals surface area contributed by atoms with Crippen LogP contribution in [0, 0.1) is 0 Å². The first-order chi connectivity index (χ1) is 13.5. The summed E-state index contributed by atoms with van der Waals surface area (Å²) in [7, 11) is -3.40. The summed E-state index contributed by atoms with van der Waals surface area (Å²) in [6.45, 7) is 6.19. The Morgan fingerprint density at radius 1 is 1.07 bits per heavy atom. The zero-order valence-corrected chi connectivity index (χ0v) is 18.0. The molecule has 0 aliphatic heterocycles. The maximum atomic E-state index is 12.2. The van der Waals surface area contributed by atoms with E-state index >= 15 is 0 Å². The van der Waals surface area contributed by atoms with E-state index in [2.05, 4.69) is 39.4 Å². The Labute approximate surface area is 171 Å². The van der Waals surface area contributed by atoms with Gasteiger partial charge in [0.25, 0.3) is 0 Å². The van der Waals surface area contributed by atoms with E-state index in [1.165, 1.54) is 9.75 Å². The lowest BCUT2D eigenvalue weighted by Crippen LogP contribution is -2.36.